The topological polar surface area (TPSA) is 52.0 Å². The number of aryl methyl sites for hydroxylation is 2. The summed E-state index contributed by atoms with van der Waals surface area (Å²) in [7, 11) is 0. The van der Waals surface area contributed by atoms with Gasteiger partial charge in [0.1, 0.15) is 5.76 Å². The normalized spacial score (nSPS) is 19.8. The molecule has 2 aromatic heterocycles. The molecule has 0 spiro atoms. The van der Waals surface area contributed by atoms with Gasteiger partial charge in [0.05, 0.1) is 5.69 Å². The maximum absolute atomic E-state index is 6.06. The molecule has 16 heavy (non-hydrogen) atoms. The molecule has 0 aliphatic heterocycles. The van der Waals surface area contributed by atoms with Crippen molar-refractivity contribution >= 4 is 11.3 Å². The first-order valence-electron chi connectivity index (χ1n) is 5.56. The van der Waals surface area contributed by atoms with Gasteiger partial charge in [0.15, 0.2) is 10.8 Å². The molecule has 84 valence electrons. The first-order valence-corrected chi connectivity index (χ1v) is 6.37. The second kappa shape index (κ2) is 3.71. The van der Waals surface area contributed by atoms with Crippen LogP contribution in [0.2, 0.25) is 0 Å². The van der Waals surface area contributed by atoms with Crippen LogP contribution in [-0.4, -0.2) is 4.98 Å². The van der Waals surface area contributed by atoms with Gasteiger partial charge in [0.2, 0.25) is 0 Å². The quantitative estimate of drug-likeness (QED) is 0.825. The zero-order chi connectivity index (χ0) is 11.1. The molecular weight excluding hydrogens is 220 g/mol. The van der Waals surface area contributed by atoms with E-state index in [9.17, 15) is 0 Å². The van der Waals surface area contributed by atoms with E-state index in [0.717, 1.165) is 35.1 Å². The Morgan fingerprint density at radius 2 is 2.38 bits per heavy atom. The van der Waals surface area contributed by atoms with E-state index in [0.29, 0.717) is 0 Å². The van der Waals surface area contributed by atoms with E-state index in [-0.39, 0.29) is 6.04 Å². The van der Waals surface area contributed by atoms with Gasteiger partial charge in [-0.1, -0.05) is 0 Å². The molecule has 0 amide bonds. The minimum atomic E-state index is 0.116. The summed E-state index contributed by atoms with van der Waals surface area (Å²) < 4.78 is 5.59. The van der Waals surface area contributed by atoms with Crippen LogP contribution in [0.3, 0.4) is 0 Å². The van der Waals surface area contributed by atoms with Crippen molar-refractivity contribution in [2.45, 2.75) is 32.2 Å². The number of nitrogens with zero attached hydrogens (tertiary/aromatic N) is 1. The molecule has 0 fully saturated rings. The van der Waals surface area contributed by atoms with Crippen molar-refractivity contribution in [3.8, 4) is 10.8 Å². The van der Waals surface area contributed by atoms with Gasteiger partial charge in [0, 0.05) is 10.9 Å². The molecular formula is C12H14N2OS. The number of aromatic nitrogens is 1. The fraction of sp³-hybridized carbons (Fsp3) is 0.417. The molecule has 1 aliphatic carbocycles. The van der Waals surface area contributed by atoms with Crippen molar-refractivity contribution in [1.29, 1.82) is 0 Å². The monoisotopic (exact) mass is 234 g/mol. The summed E-state index contributed by atoms with van der Waals surface area (Å²) >= 11 is 1.72. The smallest absolute Gasteiger partial charge is 0.162 e. The van der Waals surface area contributed by atoms with Crippen LogP contribution < -0.4 is 5.73 Å². The minimum absolute atomic E-state index is 0.116. The van der Waals surface area contributed by atoms with Crippen molar-refractivity contribution < 1.29 is 4.42 Å². The van der Waals surface area contributed by atoms with Crippen molar-refractivity contribution in [3.63, 3.8) is 0 Å². The van der Waals surface area contributed by atoms with Gasteiger partial charge in [-0.2, -0.15) is 0 Å². The van der Waals surface area contributed by atoms with Gasteiger partial charge in [-0.25, -0.2) is 4.98 Å². The fourth-order valence-electron chi connectivity index (χ4n) is 2.11. The highest BCUT2D eigenvalue weighted by molar-refractivity contribution is 7.15. The molecule has 3 rings (SSSR count). The highest BCUT2D eigenvalue weighted by Gasteiger charge is 2.22. The summed E-state index contributed by atoms with van der Waals surface area (Å²) in [5.74, 6) is 1.79. The molecule has 2 N–H and O–H groups in total. The minimum Gasteiger partial charge on any atom is -0.459 e. The van der Waals surface area contributed by atoms with Crippen LogP contribution in [0, 0.1) is 6.92 Å². The molecule has 2 aromatic rings. The largest absolute Gasteiger partial charge is 0.459 e. The van der Waals surface area contributed by atoms with Crippen LogP contribution in [0.1, 0.15) is 35.2 Å². The summed E-state index contributed by atoms with van der Waals surface area (Å²) in [6, 6.07) is 4.06. The van der Waals surface area contributed by atoms with E-state index in [2.05, 4.69) is 4.98 Å². The zero-order valence-corrected chi connectivity index (χ0v) is 10.0. The van der Waals surface area contributed by atoms with Gasteiger partial charge < -0.3 is 10.2 Å². The van der Waals surface area contributed by atoms with Gasteiger partial charge in [0.25, 0.3) is 0 Å². The Hall–Kier alpha value is -1.13. The van der Waals surface area contributed by atoms with Crippen LogP contribution in [0.5, 0.6) is 0 Å². The maximum Gasteiger partial charge on any atom is 0.162 e. The number of nitrogens with two attached hydrogens (primary N) is 1. The number of hydrogen-bond acceptors (Lipinski definition) is 4. The molecule has 1 unspecified atom stereocenters. The lowest BCUT2D eigenvalue weighted by molar-refractivity contribution is 0.545. The Bertz CT molecular complexity index is 515. The highest BCUT2D eigenvalue weighted by atomic mass is 32.1. The predicted molar refractivity (Wildman–Crippen MR) is 64.4 cm³/mol. The molecule has 1 aliphatic rings. The fourth-order valence-corrected chi connectivity index (χ4v) is 3.24. The van der Waals surface area contributed by atoms with Crippen LogP contribution in [0.4, 0.5) is 0 Å². The summed E-state index contributed by atoms with van der Waals surface area (Å²) in [4.78, 5) is 5.95. The van der Waals surface area contributed by atoms with Gasteiger partial charge >= 0.3 is 0 Å². The van der Waals surface area contributed by atoms with E-state index in [1.54, 1.807) is 11.3 Å². The van der Waals surface area contributed by atoms with Crippen LogP contribution >= 0.6 is 11.3 Å². The van der Waals surface area contributed by atoms with Crippen LogP contribution in [0.25, 0.3) is 10.8 Å². The van der Waals surface area contributed by atoms with Crippen molar-refractivity contribution in [2.24, 2.45) is 5.73 Å². The van der Waals surface area contributed by atoms with Crippen LogP contribution in [0.15, 0.2) is 16.5 Å². The third-order valence-corrected chi connectivity index (χ3v) is 4.09. The molecule has 0 aromatic carbocycles. The van der Waals surface area contributed by atoms with Crippen molar-refractivity contribution in [1.82, 2.24) is 4.98 Å². The summed E-state index contributed by atoms with van der Waals surface area (Å²) in [5.41, 5.74) is 7.14. The molecule has 2 heterocycles. The third kappa shape index (κ3) is 1.58. The average Bonchev–Trinajstić information content (AvgIpc) is 2.84. The Labute approximate surface area is 98.3 Å². The van der Waals surface area contributed by atoms with Crippen molar-refractivity contribution in [2.75, 3.05) is 0 Å². The molecule has 4 heteroatoms. The number of hydrogen-bond donors (Lipinski definition) is 1. The van der Waals surface area contributed by atoms with E-state index in [4.69, 9.17) is 10.2 Å². The second-order valence-corrected chi connectivity index (χ2v) is 5.32. The Morgan fingerprint density at radius 1 is 1.50 bits per heavy atom. The Kier molecular flexibility index (Phi) is 2.33. The third-order valence-electron chi connectivity index (χ3n) is 2.95. The first-order chi connectivity index (χ1) is 7.74. The van der Waals surface area contributed by atoms with Gasteiger partial charge in [-0.05, 0) is 38.3 Å². The molecule has 0 radical (unpaired) electrons. The summed E-state index contributed by atoms with van der Waals surface area (Å²) in [6.07, 6.45) is 3.33. The molecule has 1 atom stereocenters. The lowest BCUT2D eigenvalue weighted by Crippen LogP contribution is -2.16. The predicted octanol–water partition coefficient (Wildman–Crippen LogP) is 3.05. The number of fused-ring (bicyclic) bond motifs is 1. The van der Waals surface area contributed by atoms with E-state index >= 15 is 0 Å². The highest BCUT2D eigenvalue weighted by Crippen LogP contribution is 2.36. The number of rotatable bonds is 1. The Balaban J connectivity index is 2.04. The average molecular weight is 234 g/mol. The lowest BCUT2D eigenvalue weighted by atomic mass is 9.99. The lowest BCUT2D eigenvalue weighted by Gasteiger charge is -2.15. The first kappa shape index (κ1) is 10.1. The maximum atomic E-state index is 6.06. The van der Waals surface area contributed by atoms with Crippen molar-refractivity contribution in [3.05, 3.63) is 28.5 Å². The SMILES string of the molecule is Cc1ccc(-c2nc3c(s2)CCCC3N)o1. The van der Waals surface area contributed by atoms with Gasteiger partial charge in [-0.15, -0.1) is 11.3 Å². The molecule has 0 bridgehead atoms. The Morgan fingerprint density at radius 3 is 3.06 bits per heavy atom. The second-order valence-electron chi connectivity index (χ2n) is 4.24. The van der Waals surface area contributed by atoms with Gasteiger partial charge in [-0.3, -0.25) is 0 Å². The zero-order valence-electron chi connectivity index (χ0n) is 9.19. The van der Waals surface area contributed by atoms with Crippen LogP contribution in [-0.2, 0) is 6.42 Å². The molecule has 0 saturated carbocycles. The molecule has 0 saturated heterocycles. The summed E-state index contributed by atoms with van der Waals surface area (Å²) in [6.45, 7) is 1.95. The summed E-state index contributed by atoms with van der Waals surface area (Å²) in [5, 5.41) is 0.968. The standard InChI is InChI=1S/C12H14N2OS/c1-7-5-6-9(15-7)12-14-11-8(13)3-2-4-10(11)16-12/h5-6,8H,2-4,13H2,1H3. The number of thiazole rings is 1. The van der Waals surface area contributed by atoms with E-state index < -0.39 is 0 Å². The van der Waals surface area contributed by atoms with E-state index in [1.807, 2.05) is 19.1 Å². The number of furan rings is 1. The molecule has 3 nitrogen and oxygen atoms in total. The van der Waals surface area contributed by atoms with E-state index in [1.165, 1.54) is 11.3 Å².